The molecule has 0 spiro atoms. The highest BCUT2D eigenvalue weighted by Gasteiger charge is 2.19. The van der Waals surface area contributed by atoms with Gasteiger partial charge in [-0.15, -0.1) is 12.3 Å². The van der Waals surface area contributed by atoms with Crippen molar-refractivity contribution in [3.05, 3.63) is 34.9 Å². The molecule has 1 amide bonds. The molecule has 0 aliphatic heterocycles. The van der Waals surface area contributed by atoms with Gasteiger partial charge in [-0.1, -0.05) is 11.6 Å². The van der Waals surface area contributed by atoms with E-state index in [4.69, 9.17) is 23.1 Å². The second-order valence-electron chi connectivity index (χ2n) is 3.28. The Kier molecular flexibility index (Phi) is 4.56. The van der Waals surface area contributed by atoms with Gasteiger partial charge in [0.25, 0.3) is 5.91 Å². The zero-order chi connectivity index (χ0) is 12.8. The molecule has 2 N–H and O–H groups in total. The van der Waals surface area contributed by atoms with Crippen LogP contribution in [0.2, 0.25) is 5.02 Å². The van der Waals surface area contributed by atoms with Crippen LogP contribution in [-0.2, 0) is 4.79 Å². The molecule has 4 nitrogen and oxygen atoms in total. The summed E-state index contributed by atoms with van der Waals surface area (Å²) >= 11 is 5.67. The van der Waals surface area contributed by atoms with Gasteiger partial charge in [0, 0.05) is 17.0 Å². The van der Waals surface area contributed by atoms with E-state index in [2.05, 4.69) is 11.2 Å². The second-order valence-corrected chi connectivity index (χ2v) is 3.72. The summed E-state index contributed by atoms with van der Waals surface area (Å²) in [4.78, 5) is 22.4. The van der Waals surface area contributed by atoms with Crippen molar-refractivity contribution in [3.63, 3.8) is 0 Å². The van der Waals surface area contributed by atoms with Crippen LogP contribution in [0.4, 0.5) is 0 Å². The first-order chi connectivity index (χ1) is 8.04. The minimum Gasteiger partial charge on any atom is -0.480 e. The molecule has 0 radical (unpaired) electrons. The highest BCUT2D eigenvalue weighted by molar-refractivity contribution is 6.30. The van der Waals surface area contributed by atoms with Crippen molar-refractivity contribution in [1.29, 1.82) is 0 Å². The molecule has 0 bridgehead atoms. The van der Waals surface area contributed by atoms with Crippen molar-refractivity contribution in [2.45, 2.75) is 12.5 Å². The molecule has 0 heterocycles. The number of hydrogen-bond donors (Lipinski definition) is 2. The number of carbonyl (C=O) groups is 2. The maximum Gasteiger partial charge on any atom is 0.327 e. The van der Waals surface area contributed by atoms with Gasteiger partial charge in [0.15, 0.2) is 0 Å². The lowest BCUT2D eigenvalue weighted by Crippen LogP contribution is -2.40. The number of amides is 1. The average molecular weight is 252 g/mol. The molecule has 88 valence electrons. The van der Waals surface area contributed by atoms with E-state index < -0.39 is 17.9 Å². The van der Waals surface area contributed by atoms with Crippen molar-refractivity contribution < 1.29 is 14.7 Å². The number of aliphatic carboxylic acids is 1. The van der Waals surface area contributed by atoms with Crippen LogP contribution in [0.1, 0.15) is 16.8 Å². The lowest BCUT2D eigenvalue weighted by molar-refractivity contribution is -0.139. The Bertz CT molecular complexity index is 462. The molecule has 0 saturated heterocycles. The fourth-order valence-corrected chi connectivity index (χ4v) is 1.29. The minimum atomic E-state index is -1.16. The quantitative estimate of drug-likeness (QED) is 0.798. The zero-order valence-corrected chi connectivity index (χ0v) is 9.57. The number of carboxylic acids is 1. The molecule has 0 aliphatic carbocycles. The topological polar surface area (TPSA) is 66.4 Å². The number of nitrogens with one attached hydrogen (secondary N) is 1. The molecule has 17 heavy (non-hydrogen) atoms. The van der Waals surface area contributed by atoms with Crippen LogP contribution in [0.15, 0.2) is 24.3 Å². The first kappa shape index (κ1) is 13.1. The monoisotopic (exact) mass is 251 g/mol. The van der Waals surface area contributed by atoms with E-state index in [1.165, 1.54) is 12.1 Å². The number of benzene rings is 1. The maximum absolute atomic E-state index is 11.7. The number of carboxylic acid groups (broad SMARTS) is 1. The van der Waals surface area contributed by atoms with E-state index in [1.54, 1.807) is 12.1 Å². The molecule has 5 heteroatoms. The number of terminal acetylenes is 1. The smallest absolute Gasteiger partial charge is 0.327 e. The van der Waals surface area contributed by atoms with Gasteiger partial charge in [-0.25, -0.2) is 4.79 Å². The van der Waals surface area contributed by atoms with Crippen LogP contribution in [0.5, 0.6) is 0 Å². The van der Waals surface area contributed by atoms with Crippen molar-refractivity contribution in [1.82, 2.24) is 5.32 Å². The van der Waals surface area contributed by atoms with E-state index in [9.17, 15) is 9.59 Å². The van der Waals surface area contributed by atoms with Gasteiger partial charge in [-0.2, -0.15) is 0 Å². The fourth-order valence-electron chi connectivity index (χ4n) is 1.16. The van der Waals surface area contributed by atoms with Crippen molar-refractivity contribution >= 4 is 23.5 Å². The average Bonchev–Trinajstić information content (AvgIpc) is 2.29. The van der Waals surface area contributed by atoms with Crippen molar-refractivity contribution in [2.24, 2.45) is 0 Å². The van der Waals surface area contributed by atoms with Gasteiger partial charge in [0.2, 0.25) is 0 Å². The minimum absolute atomic E-state index is 0.0609. The highest BCUT2D eigenvalue weighted by Crippen LogP contribution is 2.09. The molecular weight excluding hydrogens is 242 g/mol. The van der Waals surface area contributed by atoms with Crippen LogP contribution in [0, 0.1) is 12.3 Å². The third-order valence-electron chi connectivity index (χ3n) is 2.03. The number of rotatable bonds is 4. The van der Waals surface area contributed by atoms with Gasteiger partial charge in [0.05, 0.1) is 0 Å². The molecule has 0 saturated carbocycles. The standard InChI is InChI=1S/C12H10ClNO3/c1-2-3-10(12(16)17)14-11(15)8-4-6-9(13)7-5-8/h1,4-7,10H,3H2,(H,14,15)(H,16,17)/t10-/m1/s1. The number of halogens is 1. The number of hydrogen-bond acceptors (Lipinski definition) is 2. The lowest BCUT2D eigenvalue weighted by Gasteiger charge is -2.11. The summed E-state index contributed by atoms with van der Waals surface area (Å²) in [5, 5.41) is 11.6. The van der Waals surface area contributed by atoms with E-state index in [1.807, 2.05) is 0 Å². The summed E-state index contributed by atoms with van der Waals surface area (Å²) in [5.41, 5.74) is 0.331. The molecule has 0 unspecified atom stereocenters. The third kappa shape index (κ3) is 3.82. The van der Waals surface area contributed by atoms with Crippen LogP contribution in [-0.4, -0.2) is 23.0 Å². The summed E-state index contributed by atoms with van der Waals surface area (Å²) in [6, 6.07) is 5.03. The van der Waals surface area contributed by atoms with Gasteiger partial charge in [0.1, 0.15) is 6.04 Å². The van der Waals surface area contributed by atoms with Crippen LogP contribution < -0.4 is 5.32 Å². The lowest BCUT2D eigenvalue weighted by atomic mass is 10.1. The van der Waals surface area contributed by atoms with E-state index in [-0.39, 0.29) is 6.42 Å². The molecule has 0 aromatic heterocycles. The first-order valence-electron chi connectivity index (χ1n) is 4.77. The van der Waals surface area contributed by atoms with Crippen molar-refractivity contribution in [2.75, 3.05) is 0 Å². The Morgan fingerprint density at radius 2 is 2.00 bits per heavy atom. The normalized spacial score (nSPS) is 11.3. The number of carbonyl (C=O) groups excluding carboxylic acids is 1. The first-order valence-corrected chi connectivity index (χ1v) is 5.15. The molecule has 1 aromatic rings. The van der Waals surface area contributed by atoms with Crippen LogP contribution in [0.25, 0.3) is 0 Å². The third-order valence-corrected chi connectivity index (χ3v) is 2.28. The Morgan fingerprint density at radius 3 is 2.47 bits per heavy atom. The molecule has 1 rings (SSSR count). The van der Waals surface area contributed by atoms with Gasteiger partial charge in [-0.3, -0.25) is 4.79 Å². The Hall–Kier alpha value is -1.99. The Balaban J connectivity index is 2.74. The summed E-state index contributed by atoms with van der Waals surface area (Å²) in [6.45, 7) is 0. The van der Waals surface area contributed by atoms with E-state index in [0.29, 0.717) is 10.6 Å². The molecular formula is C12H10ClNO3. The van der Waals surface area contributed by atoms with Gasteiger partial charge >= 0.3 is 5.97 Å². The Labute approximate surface area is 104 Å². The summed E-state index contributed by atoms with van der Waals surface area (Å²) in [6.07, 6.45) is 4.96. The molecule has 0 fully saturated rings. The highest BCUT2D eigenvalue weighted by atomic mass is 35.5. The van der Waals surface area contributed by atoms with Crippen molar-refractivity contribution in [3.8, 4) is 12.3 Å². The molecule has 1 aromatic carbocycles. The summed E-state index contributed by atoms with van der Waals surface area (Å²) < 4.78 is 0. The van der Waals surface area contributed by atoms with Crippen LogP contribution >= 0.6 is 11.6 Å². The van der Waals surface area contributed by atoms with Crippen LogP contribution in [0.3, 0.4) is 0 Å². The SMILES string of the molecule is C#CC[C@@H](NC(=O)c1ccc(Cl)cc1)C(=O)O. The Morgan fingerprint density at radius 1 is 1.41 bits per heavy atom. The van der Waals surface area contributed by atoms with Gasteiger partial charge in [-0.05, 0) is 24.3 Å². The maximum atomic E-state index is 11.7. The largest absolute Gasteiger partial charge is 0.480 e. The van der Waals surface area contributed by atoms with E-state index >= 15 is 0 Å². The van der Waals surface area contributed by atoms with Gasteiger partial charge < -0.3 is 10.4 Å². The summed E-state index contributed by atoms with van der Waals surface area (Å²) in [5.74, 6) is 0.541. The van der Waals surface area contributed by atoms with E-state index in [0.717, 1.165) is 0 Å². The zero-order valence-electron chi connectivity index (χ0n) is 8.81. The summed E-state index contributed by atoms with van der Waals surface area (Å²) in [7, 11) is 0. The second kappa shape index (κ2) is 5.92. The molecule has 1 atom stereocenters. The predicted molar refractivity (Wildman–Crippen MR) is 63.8 cm³/mol. The molecule has 0 aliphatic rings. The fraction of sp³-hybridized carbons (Fsp3) is 0.167. The predicted octanol–water partition coefficient (Wildman–Crippen LogP) is 1.55.